The number of Topliss-reactive ketones (excluding diaryl/α,β-unsaturated/α-hetero) is 1. The van der Waals surface area contributed by atoms with E-state index in [0.717, 1.165) is 11.3 Å². The number of carbonyl (C=O) groups excluding carboxylic acids is 2. The Kier molecular flexibility index (Phi) is 4.52. The molecule has 0 atom stereocenters. The molecule has 1 amide bonds. The SMILES string of the molecule is COc1ccc(N(C)C(=O)C(=O)CCl)cc1C. The summed E-state index contributed by atoms with van der Waals surface area (Å²) in [6, 6.07) is 5.24. The monoisotopic (exact) mass is 255 g/mol. The van der Waals surface area contributed by atoms with Gasteiger partial charge in [0.15, 0.2) is 0 Å². The Labute approximate surface area is 105 Å². The Morgan fingerprint density at radius 1 is 1.41 bits per heavy atom. The molecule has 92 valence electrons. The minimum Gasteiger partial charge on any atom is -0.496 e. The molecular formula is C12H14ClNO3. The highest BCUT2D eigenvalue weighted by molar-refractivity contribution is 6.49. The maximum absolute atomic E-state index is 11.6. The van der Waals surface area contributed by atoms with E-state index in [2.05, 4.69) is 0 Å². The zero-order chi connectivity index (χ0) is 13.0. The number of benzene rings is 1. The van der Waals surface area contributed by atoms with Crippen LogP contribution in [0.25, 0.3) is 0 Å². The van der Waals surface area contributed by atoms with Crippen LogP contribution in [-0.4, -0.2) is 31.7 Å². The molecule has 1 aromatic carbocycles. The maximum atomic E-state index is 11.6. The fourth-order valence-corrected chi connectivity index (χ4v) is 1.55. The average molecular weight is 256 g/mol. The quantitative estimate of drug-likeness (QED) is 0.609. The molecule has 0 radical (unpaired) electrons. The number of likely N-dealkylation sites (N-methyl/N-ethyl adjacent to an activating group) is 1. The van der Waals surface area contributed by atoms with Gasteiger partial charge in [0.2, 0.25) is 5.78 Å². The number of aryl methyl sites for hydroxylation is 1. The Morgan fingerprint density at radius 3 is 2.53 bits per heavy atom. The molecule has 0 aromatic heterocycles. The smallest absolute Gasteiger partial charge is 0.295 e. The van der Waals surface area contributed by atoms with Crippen molar-refractivity contribution in [3.05, 3.63) is 23.8 Å². The number of hydrogen-bond donors (Lipinski definition) is 0. The van der Waals surface area contributed by atoms with E-state index in [1.54, 1.807) is 25.3 Å². The van der Waals surface area contributed by atoms with Crippen molar-refractivity contribution < 1.29 is 14.3 Å². The zero-order valence-electron chi connectivity index (χ0n) is 9.99. The third-order valence-electron chi connectivity index (χ3n) is 2.43. The number of alkyl halides is 1. The van der Waals surface area contributed by atoms with Gasteiger partial charge in [-0.2, -0.15) is 0 Å². The van der Waals surface area contributed by atoms with Crippen LogP contribution in [0.4, 0.5) is 5.69 Å². The predicted octanol–water partition coefficient (Wildman–Crippen LogP) is 1.77. The van der Waals surface area contributed by atoms with E-state index in [1.807, 2.05) is 6.92 Å². The van der Waals surface area contributed by atoms with E-state index >= 15 is 0 Å². The fraction of sp³-hybridized carbons (Fsp3) is 0.333. The summed E-state index contributed by atoms with van der Waals surface area (Å²) in [6.45, 7) is 1.87. The van der Waals surface area contributed by atoms with Gasteiger partial charge in [0, 0.05) is 12.7 Å². The number of amides is 1. The molecule has 0 fully saturated rings. The summed E-state index contributed by atoms with van der Waals surface area (Å²) in [6.07, 6.45) is 0. The molecule has 0 aliphatic carbocycles. The van der Waals surface area contributed by atoms with Gasteiger partial charge in [0.25, 0.3) is 5.91 Å². The van der Waals surface area contributed by atoms with Crippen molar-refractivity contribution >= 4 is 29.0 Å². The molecule has 1 rings (SSSR count). The van der Waals surface area contributed by atoms with Gasteiger partial charge in [0.1, 0.15) is 5.75 Å². The Balaban J connectivity index is 2.97. The Hall–Kier alpha value is -1.55. The number of hydrogen-bond acceptors (Lipinski definition) is 3. The molecule has 17 heavy (non-hydrogen) atoms. The van der Waals surface area contributed by atoms with Crippen LogP contribution in [0.15, 0.2) is 18.2 Å². The van der Waals surface area contributed by atoms with Gasteiger partial charge in [-0.3, -0.25) is 9.59 Å². The first kappa shape index (κ1) is 13.5. The van der Waals surface area contributed by atoms with Crippen molar-refractivity contribution in [2.75, 3.05) is 24.9 Å². The van der Waals surface area contributed by atoms with Crippen LogP contribution < -0.4 is 9.64 Å². The first-order chi connectivity index (χ1) is 8.01. The lowest BCUT2D eigenvalue weighted by Crippen LogP contribution is -2.33. The molecule has 5 heteroatoms. The third-order valence-corrected chi connectivity index (χ3v) is 2.67. The largest absolute Gasteiger partial charge is 0.496 e. The molecule has 0 unspecified atom stereocenters. The molecule has 0 heterocycles. The summed E-state index contributed by atoms with van der Waals surface area (Å²) in [7, 11) is 3.11. The molecule has 0 bridgehead atoms. The van der Waals surface area contributed by atoms with Gasteiger partial charge < -0.3 is 9.64 Å². The second-order valence-corrected chi connectivity index (χ2v) is 3.84. The molecule has 0 aliphatic rings. The highest BCUT2D eigenvalue weighted by Gasteiger charge is 2.19. The summed E-state index contributed by atoms with van der Waals surface area (Å²) < 4.78 is 5.12. The molecule has 0 saturated heterocycles. The van der Waals surface area contributed by atoms with Crippen LogP contribution in [0.2, 0.25) is 0 Å². The Morgan fingerprint density at radius 2 is 2.06 bits per heavy atom. The van der Waals surface area contributed by atoms with Crippen LogP contribution in [0.5, 0.6) is 5.75 Å². The number of nitrogens with zero attached hydrogens (tertiary/aromatic N) is 1. The number of anilines is 1. The van der Waals surface area contributed by atoms with E-state index in [9.17, 15) is 9.59 Å². The van der Waals surface area contributed by atoms with E-state index in [-0.39, 0.29) is 5.88 Å². The lowest BCUT2D eigenvalue weighted by Gasteiger charge is -2.17. The average Bonchev–Trinajstić information content (AvgIpc) is 2.35. The van der Waals surface area contributed by atoms with E-state index in [0.29, 0.717) is 5.69 Å². The van der Waals surface area contributed by atoms with Crippen molar-refractivity contribution in [3.8, 4) is 5.75 Å². The first-order valence-electron chi connectivity index (χ1n) is 5.02. The topological polar surface area (TPSA) is 46.6 Å². The molecule has 0 N–H and O–H groups in total. The van der Waals surface area contributed by atoms with Crippen molar-refractivity contribution in [1.29, 1.82) is 0 Å². The second kappa shape index (κ2) is 5.68. The lowest BCUT2D eigenvalue weighted by atomic mass is 10.2. The molecule has 1 aromatic rings. The predicted molar refractivity (Wildman–Crippen MR) is 66.9 cm³/mol. The van der Waals surface area contributed by atoms with Gasteiger partial charge in [0.05, 0.1) is 13.0 Å². The summed E-state index contributed by atoms with van der Waals surface area (Å²) in [5, 5.41) is 0. The highest BCUT2D eigenvalue weighted by atomic mass is 35.5. The van der Waals surface area contributed by atoms with Crippen molar-refractivity contribution in [1.82, 2.24) is 0 Å². The number of ether oxygens (including phenoxy) is 1. The maximum Gasteiger partial charge on any atom is 0.295 e. The van der Waals surface area contributed by atoms with Gasteiger partial charge in [-0.25, -0.2) is 0 Å². The number of methoxy groups -OCH3 is 1. The van der Waals surface area contributed by atoms with Crippen molar-refractivity contribution in [2.45, 2.75) is 6.92 Å². The standard InChI is InChI=1S/C12H14ClNO3/c1-8-6-9(4-5-11(8)17-3)14(2)12(16)10(15)7-13/h4-6H,7H2,1-3H3. The summed E-state index contributed by atoms with van der Waals surface area (Å²) in [5.41, 5.74) is 1.52. The molecule has 0 saturated carbocycles. The number of ketones is 1. The van der Waals surface area contributed by atoms with Crippen LogP contribution in [0.3, 0.4) is 0 Å². The lowest BCUT2D eigenvalue weighted by molar-refractivity contribution is -0.134. The fourth-order valence-electron chi connectivity index (χ4n) is 1.43. The van der Waals surface area contributed by atoms with Crippen LogP contribution >= 0.6 is 11.6 Å². The van der Waals surface area contributed by atoms with Crippen LogP contribution in [0, 0.1) is 6.92 Å². The number of carbonyl (C=O) groups is 2. The van der Waals surface area contributed by atoms with Gasteiger partial charge in [-0.15, -0.1) is 11.6 Å². The molecular weight excluding hydrogens is 242 g/mol. The van der Waals surface area contributed by atoms with Gasteiger partial charge >= 0.3 is 0 Å². The Bertz CT molecular complexity index is 445. The van der Waals surface area contributed by atoms with Crippen molar-refractivity contribution in [3.63, 3.8) is 0 Å². The van der Waals surface area contributed by atoms with Gasteiger partial charge in [-0.05, 0) is 30.7 Å². The molecule has 0 aliphatic heterocycles. The second-order valence-electron chi connectivity index (χ2n) is 3.57. The zero-order valence-corrected chi connectivity index (χ0v) is 10.7. The summed E-state index contributed by atoms with van der Waals surface area (Å²) in [4.78, 5) is 24.1. The van der Waals surface area contributed by atoms with E-state index < -0.39 is 11.7 Å². The summed E-state index contributed by atoms with van der Waals surface area (Å²) in [5.74, 6) is -0.816. The van der Waals surface area contributed by atoms with E-state index in [1.165, 1.54) is 11.9 Å². The minimum atomic E-state index is -0.623. The van der Waals surface area contributed by atoms with Crippen molar-refractivity contribution in [2.24, 2.45) is 0 Å². The molecule has 0 spiro atoms. The van der Waals surface area contributed by atoms with Gasteiger partial charge in [-0.1, -0.05) is 0 Å². The highest BCUT2D eigenvalue weighted by Crippen LogP contribution is 2.23. The molecule has 4 nitrogen and oxygen atoms in total. The van der Waals surface area contributed by atoms with Crippen LogP contribution in [0.1, 0.15) is 5.56 Å². The first-order valence-corrected chi connectivity index (χ1v) is 5.56. The number of halogens is 1. The third kappa shape index (κ3) is 2.97. The minimum absolute atomic E-state index is 0.307. The normalized spacial score (nSPS) is 9.88. The van der Waals surface area contributed by atoms with E-state index in [4.69, 9.17) is 16.3 Å². The summed E-state index contributed by atoms with van der Waals surface area (Å²) >= 11 is 5.34. The number of rotatable bonds is 4. The van der Waals surface area contributed by atoms with Crippen LogP contribution in [-0.2, 0) is 9.59 Å².